The van der Waals surface area contributed by atoms with Gasteiger partial charge in [-0.1, -0.05) is 12.1 Å². The van der Waals surface area contributed by atoms with Crippen LogP contribution in [0.25, 0.3) is 10.2 Å². The Hall–Kier alpha value is -2.56. The first-order valence-corrected chi connectivity index (χ1v) is 9.92. The highest BCUT2D eigenvalue weighted by molar-refractivity contribution is 7.20. The summed E-state index contributed by atoms with van der Waals surface area (Å²) in [6, 6.07) is 6.25. The van der Waals surface area contributed by atoms with E-state index in [2.05, 4.69) is 20.6 Å². The summed E-state index contributed by atoms with van der Waals surface area (Å²) in [5, 5.41) is 15.7. The number of thiazole rings is 1. The number of rotatable bonds is 8. The van der Waals surface area contributed by atoms with Crippen LogP contribution in [0.15, 0.2) is 29.3 Å². The van der Waals surface area contributed by atoms with E-state index in [-0.39, 0.29) is 17.6 Å². The van der Waals surface area contributed by atoms with Crippen molar-refractivity contribution in [2.45, 2.75) is 37.5 Å². The first kappa shape index (κ1) is 20.2. The summed E-state index contributed by atoms with van der Waals surface area (Å²) in [6.45, 7) is 0.723. The number of guanidine groups is 1. The number of aliphatic imine (C=N–C) groups is 1. The molecule has 9 nitrogen and oxygen atoms in total. The number of hydrogen-bond donors (Lipinski definition) is 5. The highest BCUT2D eigenvalue weighted by Gasteiger charge is 2.31. The van der Waals surface area contributed by atoms with E-state index < -0.39 is 18.2 Å². The number of β-amino-alcohol motifs (C(OH)–C–C–N with tert-alkyl or cyclic N) is 1. The zero-order valence-electron chi connectivity index (χ0n) is 15.3. The minimum absolute atomic E-state index is 0.0118. The first-order valence-electron chi connectivity index (χ1n) is 9.11. The second kappa shape index (κ2) is 9.09. The van der Waals surface area contributed by atoms with Gasteiger partial charge in [0.05, 0.1) is 28.4 Å². The first-order chi connectivity index (χ1) is 13.4. The van der Waals surface area contributed by atoms with Crippen LogP contribution in [0.1, 0.15) is 29.1 Å². The molecule has 150 valence electrons. The zero-order chi connectivity index (χ0) is 20.1. The average molecular weight is 404 g/mol. The summed E-state index contributed by atoms with van der Waals surface area (Å²) in [6.07, 6.45) is 0.672. The van der Waals surface area contributed by atoms with Gasteiger partial charge in [0.15, 0.2) is 11.0 Å². The predicted octanol–water partition coefficient (Wildman–Crippen LogP) is -0.260. The van der Waals surface area contributed by atoms with E-state index in [1.54, 1.807) is 0 Å². The number of benzene rings is 1. The minimum Gasteiger partial charge on any atom is -0.392 e. The summed E-state index contributed by atoms with van der Waals surface area (Å²) in [5.74, 6) is -0.558. The maximum Gasteiger partial charge on any atom is 0.237 e. The fourth-order valence-corrected chi connectivity index (χ4v) is 4.05. The average Bonchev–Trinajstić information content (AvgIpc) is 3.29. The number of aliphatic hydroxyl groups is 1. The van der Waals surface area contributed by atoms with E-state index in [0.29, 0.717) is 37.4 Å². The van der Waals surface area contributed by atoms with Gasteiger partial charge in [0.1, 0.15) is 0 Å². The number of ketones is 1. The van der Waals surface area contributed by atoms with Crippen LogP contribution in [0.3, 0.4) is 0 Å². The molecule has 3 rings (SSSR count). The van der Waals surface area contributed by atoms with Gasteiger partial charge in [-0.05, 0) is 31.4 Å². The van der Waals surface area contributed by atoms with E-state index >= 15 is 0 Å². The third kappa shape index (κ3) is 5.03. The molecule has 0 bridgehead atoms. The van der Waals surface area contributed by atoms with Crippen molar-refractivity contribution < 1.29 is 14.7 Å². The number of aromatic nitrogens is 1. The molecule has 3 unspecified atom stereocenters. The molecule has 1 aliphatic rings. The lowest BCUT2D eigenvalue weighted by molar-refractivity contribution is -0.123. The van der Waals surface area contributed by atoms with Crippen molar-refractivity contribution >= 4 is 39.2 Å². The van der Waals surface area contributed by atoms with Crippen molar-refractivity contribution in [3.8, 4) is 0 Å². The third-order valence-corrected chi connectivity index (χ3v) is 5.56. The van der Waals surface area contributed by atoms with Gasteiger partial charge in [0.25, 0.3) is 0 Å². The number of nitrogens with one attached hydrogen (secondary N) is 2. The van der Waals surface area contributed by atoms with Gasteiger partial charge in [-0.2, -0.15) is 0 Å². The van der Waals surface area contributed by atoms with Gasteiger partial charge in [-0.25, -0.2) is 4.98 Å². The van der Waals surface area contributed by atoms with E-state index in [1.807, 2.05) is 24.3 Å². The van der Waals surface area contributed by atoms with Crippen LogP contribution in [-0.2, 0) is 4.79 Å². The van der Waals surface area contributed by atoms with Crippen molar-refractivity contribution in [2.24, 2.45) is 16.5 Å². The molecule has 1 aliphatic heterocycles. The van der Waals surface area contributed by atoms with Crippen LogP contribution in [0.5, 0.6) is 0 Å². The Morgan fingerprint density at radius 3 is 2.86 bits per heavy atom. The minimum atomic E-state index is -0.734. The number of carbonyl (C=O) groups excluding carboxylic acids is 2. The maximum absolute atomic E-state index is 13.0. The topological polar surface area (TPSA) is 156 Å². The number of hydrogen-bond acceptors (Lipinski definition) is 7. The fourth-order valence-electron chi connectivity index (χ4n) is 3.09. The number of nitrogens with zero attached hydrogens (tertiary/aromatic N) is 2. The zero-order valence-corrected chi connectivity index (χ0v) is 16.1. The number of Topliss-reactive ketones (excluding diaryl/α,β-unsaturated/α-hetero) is 1. The molecular formula is C18H24N6O3S. The normalized spacial score (nSPS) is 20.0. The summed E-state index contributed by atoms with van der Waals surface area (Å²) < 4.78 is 0.914. The molecule has 2 heterocycles. The molecular weight excluding hydrogens is 380 g/mol. The molecule has 28 heavy (non-hydrogen) atoms. The summed E-state index contributed by atoms with van der Waals surface area (Å²) in [4.78, 5) is 33.9. The fraction of sp³-hybridized carbons (Fsp3) is 0.444. The second-order valence-electron chi connectivity index (χ2n) is 6.71. The molecule has 2 aromatic rings. The second-order valence-corrected chi connectivity index (χ2v) is 7.74. The van der Waals surface area contributed by atoms with Crippen LogP contribution < -0.4 is 22.1 Å². The Balaban J connectivity index is 1.72. The van der Waals surface area contributed by atoms with E-state index in [0.717, 1.165) is 10.2 Å². The van der Waals surface area contributed by atoms with Crippen molar-refractivity contribution in [1.29, 1.82) is 0 Å². The lowest BCUT2D eigenvalue weighted by Crippen LogP contribution is -2.48. The molecule has 1 amide bonds. The van der Waals surface area contributed by atoms with Gasteiger partial charge in [-0.3, -0.25) is 14.6 Å². The Kier molecular flexibility index (Phi) is 6.55. The maximum atomic E-state index is 13.0. The monoisotopic (exact) mass is 404 g/mol. The Bertz CT molecular complexity index is 846. The Labute approximate surface area is 166 Å². The molecule has 0 radical (unpaired) electrons. The van der Waals surface area contributed by atoms with Gasteiger partial charge in [0, 0.05) is 13.1 Å². The Morgan fingerprint density at radius 1 is 1.39 bits per heavy atom. The van der Waals surface area contributed by atoms with Crippen molar-refractivity contribution in [2.75, 3.05) is 13.1 Å². The quantitative estimate of drug-likeness (QED) is 0.176. The summed E-state index contributed by atoms with van der Waals surface area (Å²) >= 11 is 1.30. The number of aliphatic hydroxyl groups excluding tert-OH is 1. The van der Waals surface area contributed by atoms with Crippen molar-refractivity contribution in [1.82, 2.24) is 15.6 Å². The van der Waals surface area contributed by atoms with Crippen molar-refractivity contribution in [3.63, 3.8) is 0 Å². The molecule has 3 atom stereocenters. The van der Waals surface area contributed by atoms with Gasteiger partial charge in [0.2, 0.25) is 11.7 Å². The lowest BCUT2D eigenvalue weighted by atomic mass is 10.1. The van der Waals surface area contributed by atoms with Crippen LogP contribution in [0.4, 0.5) is 0 Å². The number of fused-ring (bicyclic) bond motifs is 1. The highest BCUT2D eigenvalue weighted by atomic mass is 32.1. The van der Waals surface area contributed by atoms with Gasteiger partial charge in [-0.15, -0.1) is 11.3 Å². The smallest absolute Gasteiger partial charge is 0.237 e. The number of para-hydroxylation sites is 1. The SMILES string of the molecule is NC(N)=NCCCC(NC(=O)C1CC(O)CN1)C(=O)c1nc2ccccc2s1. The lowest BCUT2D eigenvalue weighted by Gasteiger charge is -2.19. The van der Waals surface area contributed by atoms with Gasteiger partial charge >= 0.3 is 0 Å². The molecule has 1 saturated heterocycles. The largest absolute Gasteiger partial charge is 0.392 e. The number of carbonyl (C=O) groups is 2. The summed E-state index contributed by atoms with van der Waals surface area (Å²) in [5.41, 5.74) is 11.4. The molecule has 1 aromatic carbocycles. The van der Waals surface area contributed by atoms with Crippen LogP contribution in [0.2, 0.25) is 0 Å². The van der Waals surface area contributed by atoms with Crippen LogP contribution in [0, 0.1) is 0 Å². The summed E-state index contributed by atoms with van der Waals surface area (Å²) in [7, 11) is 0. The molecule has 0 spiro atoms. The standard InChI is InChI=1S/C18H24N6O3S/c19-18(20)21-7-3-5-12(23-16(27)13-8-10(25)9-22-13)15(26)17-24-11-4-1-2-6-14(11)28-17/h1-2,4,6,10,12-13,22,25H,3,5,7-9H2,(H,23,27)(H4,19,20,21). The van der Waals surface area contributed by atoms with Gasteiger partial charge < -0.3 is 27.2 Å². The van der Waals surface area contributed by atoms with E-state index in [1.165, 1.54) is 11.3 Å². The molecule has 1 aromatic heterocycles. The van der Waals surface area contributed by atoms with E-state index in [4.69, 9.17) is 11.5 Å². The van der Waals surface area contributed by atoms with Crippen LogP contribution in [-0.4, -0.2) is 59.0 Å². The molecule has 10 heteroatoms. The number of amides is 1. The van der Waals surface area contributed by atoms with Crippen molar-refractivity contribution in [3.05, 3.63) is 29.3 Å². The molecule has 1 fully saturated rings. The molecule has 0 saturated carbocycles. The van der Waals surface area contributed by atoms with Crippen LogP contribution >= 0.6 is 11.3 Å². The highest BCUT2D eigenvalue weighted by Crippen LogP contribution is 2.23. The molecule has 7 N–H and O–H groups in total. The van der Waals surface area contributed by atoms with E-state index in [9.17, 15) is 14.7 Å². The molecule has 0 aliphatic carbocycles. The third-order valence-electron chi connectivity index (χ3n) is 4.51. The Morgan fingerprint density at radius 2 is 2.18 bits per heavy atom. The number of nitrogens with two attached hydrogens (primary N) is 2. The predicted molar refractivity (Wildman–Crippen MR) is 108 cm³/mol.